The molecule has 0 aromatic heterocycles. The number of likely N-dealkylation sites (N-methyl/N-ethyl adjacent to an activating group) is 1. The van der Waals surface area contributed by atoms with Crippen LogP contribution in [0.4, 0.5) is 4.79 Å². The van der Waals surface area contributed by atoms with Gasteiger partial charge in [-0.3, -0.25) is 4.90 Å². The molecule has 22 heavy (non-hydrogen) atoms. The Morgan fingerprint density at radius 3 is 2.36 bits per heavy atom. The van der Waals surface area contributed by atoms with Gasteiger partial charge in [-0.2, -0.15) is 0 Å². The van der Waals surface area contributed by atoms with Crippen molar-refractivity contribution in [1.29, 1.82) is 0 Å². The average Bonchev–Trinajstić information content (AvgIpc) is 2.45. The third kappa shape index (κ3) is 5.85. The topological polar surface area (TPSA) is 55.8 Å². The minimum atomic E-state index is -0.696. The molecule has 5 nitrogen and oxygen atoms in total. The van der Waals surface area contributed by atoms with E-state index in [2.05, 4.69) is 0 Å². The zero-order valence-electron chi connectivity index (χ0n) is 13.9. The summed E-state index contributed by atoms with van der Waals surface area (Å²) in [5, 5.41) is 0. The number of benzene rings is 1. The molecule has 0 aliphatic rings. The van der Waals surface area contributed by atoms with E-state index in [4.69, 9.17) is 9.47 Å². The lowest BCUT2D eigenvalue weighted by Gasteiger charge is -2.30. The Balaban J connectivity index is 2.61. The van der Waals surface area contributed by atoms with Gasteiger partial charge in [0.05, 0.1) is 12.7 Å². The number of rotatable bonds is 6. The van der Waals surface area contributed by atoms with E-state index >= 15 is 0 Å². The lowest BCUT2D eigenvalue weighted by Crippen LogP contribution is -2.47. The molecule has 1 rings (SSSR count). The summed E-state index contributed by atoms with van der Waals surface area (Å²) >= 11 is 0. The number of carbonyl (C=O) groups excluding carboxylic acids is 2. The van der Waals surface area contributed by atoms with Crippen LogP contribution in [0.3, 0.4) is 0 Å². The first-order chi connectivity index (χ1) is 10.2. The molecule has 0 bridgehead atoms. The molecule has 0 aliphatic heterocycles. The molecule has 0 aliphatic carbocycles. The van der Waals surface area contributed by atoms with Gasteiger partial charge in [-0.1, -0.05) is 30.3 Å². The normalized spacial score (nSPS) is 14.0. The molecular formula is C17H25NO4. The van der Waals surface area contributed by atoms with E-state index in [0.717, 1.165) is 5.56 Å². The van der Waals surface area contributed by atoms with Gasteiger partial charge in [0.25, 0.3) is 0 Å². The smallest absolute Gasteiger partial charge is 0.410 e. The van der Waals surface area contributed by atoms with Crippen LogP contribution in [0.25, 0.3) is 0 Å². The Labute approximate surface area is 132 Å². The van der Waals surface area contributed by atoms with Crippen molar-refractivity contribution in [3.63, 3.8) is 0 Å². The summed E-state index contributed by atoms with van der Waals surface area (Å²) in [6, 6.07) is 8.97. The van der Waals surface area contributed by atoms with Gasteiger partial charge >= 0.3 is 6.09 Å². The van der Waals surface area contributed by atoms with Crippen LogP contribution in [0.2, 0.25) is 0 Å². The maximum Gasteiger partial charge on any atom is 0.410 e. The molecule has 0 unspecified atom stereocenters. The first-order valence-electron chi connectivity index (χ1n) is 7.31. The van der Waals surface area contributed by atoms with Crippen molar-refractivity contribution in [2.45, 2.75) is 52.0 Å². The fraction of sp³-hybridized carbons (Fsp3) is 0.529. The van der Waals surface area contributed by atoms with Gasteiger partial charge in [-0.05, 0) is 33.3 Å². The van der Waals surface area contributed by atoms with Gasteiger partial charge in [-0.15, -0.1) is 0 Å². The lowest BCUT2D eigenvalue weighted by atomic mass is 10.1. The number of nitrogens with zero attached hydrogens (tertiary/aromatic N) is 1. The summed E-state index contributed by atoms with van der Waals surface area (Å²) in [5.41, 5.74) is 0.409. The molecule has 0 radical (unpaired) electrons. The summed E-state index contributed by atoms with van der Waals surface area (Å²) < 4.78 is 11.0. The number of hydrogen-bond acceptors (Lipinski definition) is 4. The second-order valence-corrected chi connectivity index (χ2v) is 6.22. The second kappa shape index (κ2) is 7.94. The Hall–Kier alpha value is -1.88. The molecule has 122 valence electrons. The Bertz CT molecular complexity index is 481. The van der Waals surface area contributed by atoms with E-state index in [-0.39, 0.29) is 0 Å². The fourth-order valence-corrected chi connectivity index (χ4v) is 1.87. The van der Waals surface area contributed by atoms with Crippen molar-refractivity contribution in [2.24, 2.45) is 0 Å². The molecule has 0 heterocycles. The van der Waals surface area contributed by atoms with Gasteiger partial charge in [0, 0.05) is 7.05 Å². The van der Waals surface area contributed by atoms with E-state index in [9.17, 15) is 9.59 Å². The summed E-state index contributed by atoms with van der Waals surface area (Å²) in [7, 11) is 1.54. The van der Waals surface area contributed by atoms with Crippen molar-refractivity contribution in [1.82, 2.24) is 4.90 Å². The fourth-order valence-electron chi connectivity index (χ4n) is 1.87. The van der Waals surface area contributed by atoms with Crippen LogP contribution in [0.5, 0.6) is 0 Å². The molecule has 0 spiro atoms. The number of aldehydes is 1. The van der Waals surface area contributed by atoms with Crippen LogP contribution in [0.1, 0.15) is 33.3 Å². The van der Waals surface area contributed by atoms with E-state index in [1.165, 1.54) is 11.9 Å². The Morgan fingerprint density at radius 2 is 1.86 bits per heavy atom. The molecule has 1 aromatic rings. The minimum Gasteiger partial charge on any atom is -0.444 e. The second-order valence-electron chi connectivity index (χ2n) is 6.22. The van der Waals surface area contributed by atoms with Crippen molar-refractivity contribution < 1.29 is 19.1 Å². The molecule has 5 heteroatoms. The number of ether oxygens (including phenoxy) is 2. The van der Waals surface area contributed by atoms with Crippen LogP contribution >= 0.6 is 0 Å². The zero-order chi connectivity index (χ0) is 16.8. The molecule has 0 fully saturated rings. The predicted molar refractivity (Wildman–Crippen MR) is 84.5 cm³/mol. The van der Waals surface area contributed by atoms with E-state index in [1.54, 1.807) is 27.7 Å². The minimum absolute atomic E-state index is 0.383. The largest absolute Gasteiger partial charge is 0.444 e. The van der Waals surface area contributed by atoms with E-state index < -0.39 is 23.8 Å². The third-order valence-corrected chi connectivity index (χ3v) is 3.10. The van der Waals surface area contributed by atoms with Crippen molar-refractivity contribution in [3.8, 4) is 0 Å². The number of hydrogen-bond donors (Lipinski definition) is 0. The summed E-state index contributed by atoms with van der Waals surface area (Å²) in [4.78, 5) is 24.6. The molecule has 0 N–H and O–H groups in total. The highest BCUT2D eigenvalue weighted by Gasteiger charge is 2.29. The van der Waals surface area contributed by atoms with Gasteiger partial charge in [0.2, 0.25) is 0 Å². The highest BCUT2D eigenvalue weighted by molar-refractivity contribution is 5.73. The molecule has 0 saturated carbocycles. The zero-order valence-corrected chi connectivity index (χ0v) is 13.9. The van der Waals surface area contributed by atoms with E-state index in [0.29, 0.717) is 12.9 Å². The van der Waals surface area contributed by atoms with Crippen LogP contribution in [0, 0.1) is 0 Å². The van der Waals surface area contributed by atoms with Gasteiger partial charge < -0.3 is 14.3 Å². The van der Waals surface area contributed by atoms with Crippen LogP contribution in [0.15, 0.2) is 30.3 Å². The monoisotopic (exact) mass is 307 g/mol. The highest BCUT2D eigenvalue weighted by Crippen LogP contribution is 2.13. The van der Waals surface area contributed by atoms with Crippen LogP contribution in [-0.2, 0) is 20.9 Å². The summed E-state index contributed by atoms with van der Waals surface area (Å²) in [6.07, 6.45) is -0.269. The molecule has 0 saturated heterocycles. The predicted octanol–water partition coefficient (Wildman–Crippen LogP) is 3.03. The molecule has 1 amide bonds. The summed E-state index contributed by atoms with van der Waals surface area (Å²) in [6.45, 7) is 7.50. The van der Waals surface area contributed by atoms with Gasteiger partial charge in [-0.25, -0.2) is 4.79 Å². The van der Waals surface area contributed by atoms with Crippen LogP contribution < -0.4 is 0 Å². The average molecular weight is 307 g/mol. The lowest BCUT2D eigenvalue weighted by molar-refractivity contribution is -0.117. The van der Waals surface area contributed by atoms with Crippen LogP contribution in [-0.4, -0.2) is 42.1 Å². The maximum atomic E-state index is 12.0. The Kier molecular flexibility index (Phi) is 6.56. The third-order valence-electron chi connectivity index (χ3n) is 3.10. The number of carbonyl (C=O) groups is 2. The maximum absolute atomic E-state index is 12.0. The SMILES string of the molecule is C[C@@H](OCc1ccccc1)[C@@H](C=O)N(C)C(=O)OC(C)(C)C. The molecule has 1 aromatic carbocycles. The Morgan fingerprint density at radius 1 is 1.27 bits per heavy atom. The summed E-state index contributed by atoms with van der Waals surface area (Å²) in [5.74, 6) is 0. The van der Waals surface area contributed by atoms with Gasteiger partial charge in [0.15, 0.2) is 0 Å². The van der Waals surface area contributed by atoms with Crippen molar-refractivity contribution >= 4 is 12.4 Å². The molecule has 2 atom stereocenters. The quantitative estimate of drug-likeness (QED) is 0.758. The van der Waals surface area contributed by atoms with Crippen molar-refractivity contribution in [3.05, 3.63) is 35.9 Å². The highest BCUT2D eigenvalue weighted by atomic mass is 16.6. The number of amides is 1. The first-order valence-corrected chi connectivity index (χ1v) is 7.31. The first kappa shape index (κ1) is 18.2. The van der Waals surface area contributed by atoms with Crippen molar-refractivity contribution in [2.75, 3.05) is 7.05 Å². The van der Waals surface area contributed by atoms with E-state index in [1.807, 2.05) is 30.3 Å². The molecular weight excluding hydrogens is 282 g/mol. The standard InChI is InChI=1S/C17H25NO4/c1-13(21-12-14-9-7-6-8-10-14)15(11-19)18(5)16(20)22-17(2,3)4/h6-11,13,15H,12H2,1-5H3/t13-,15-/m1/s1. The van der Waals surface area contributed by atoms with Gasteiger partial charge in [0.1, 0.15) is 17.9 Å².